The van der Waals surface area contributed by atoms with Crippen LogP contribution >= 0.6 is 0 Å². The minimum atomic E-state index is 0.655. The molecular weight excluding hydrogens is 587 g/mol. The Kier molecular flexibility index (Phi) is 5.90. The molecule has 2 aromatic heterocycles. The van der Waals surface area contributed by atoms with E-state index in [4.69, 9.17) is 19.4 Å². The monoisotopic (exact) mass is 613 g/mol. The first-order chi connectivity index (χ1) is 23.8. The molecule has 0 N–H and O–H groups in total. The van der Waals surface area contributed by atoms with Crippen molar-refractivity contribution in [3.8, 4) is 56.4 Å². The molecule has 0 fully saturated rings. The summed E-state index contributed by atoms with van der Waals surface area (Å²) in [6.45, 7) is 0. The third kappa shape index (κ3) is 4.27. The summed E-state index contributed by atoms with van der Waals surface area (Å²) in [4.78, 5) is 15.3. The third-order valence-electron chi connectivity index (χ3n) is 9.57. The van der Waals surface area contributed by atoms with Crippen molar-refractivity contribution in [1.82, 2.24) is 15.0 Å². The number of para-hydroxylation sites is 1. The standard InChI is InChI=1S/C44H27N3O/c1-2-10-28(11-3-1)42-45-43(47-44(46-42)36-17-8-16-35-33-13-5-4-12-29(33)26-38(35)36)31-23-21-27-20-22-30(24-32(27)25-31)34-15-9-19-40-41(34)37-14-6-7-18-39(37)48-40/h1-25H,26H2. The predicted molar refractivity (Wildman–Crippen MR) is 195 cm³/mol. The lowest BCUT2D eigenvalue weighted by atomic mass is 9.96. The highest BCUT2D eigenvalue weighted by Crippen LogP contribution is 2.42. The predicted octanol–water partition coefficient (Wildman–Crippen LogP) is 11.2. The number of fused-ring (bicyclic) bond motifs is 7. The first-order valence-corrected chi connectivity index (χ1v) is 16.2. The Balaban J connectivity index is 1.13. The fourth-order valence-electron chi connectivity index (χ4n) is 7.28. The van der Waals surface area contributed by atoms with E-state index < -0.39 is 0 Å². The SMILES string of the molecule is c1ccc(-c2nc(-c3ccc4ccc(-c5cccc6oc7ccccc7c56)cc4c3)nc(-c3cccc4c3Cc3ccccc3-4)n2)cc1. The van der Waals surface area contributed by atoms with Gasteiger partial charge in [-0.25, -0.2) is 15.0 Å². The Morgan fingerprint density at radius 1 is 0.417 bits per heavy atom. The molecule has 0 radical (unpaired) electrons. The molecule has 0 saturated heterocycles. The number of hydrogen-bond acceptors (Lipinski definition) is 4. The topological polar surface area (TPSA) is 51.8 Å². The van der Waals surface area contributed by atoms with E-state index >= 15 is 0 Å². The largest absolute Gasteiger partial charge is 0.456 e. The van der Waals surface area contributed by atoms with E-state index in [0.717, 1.165) is 66.9 Å². The summed E-state index contributed by atoms with van der Waals surface area (Å²) >= 11 is 0. The number of rotatable bonds is 4. The summed E-state index contributed by atoms with van der Waals surface area (Å²) < 4.78 is 6.20. The van der Waals surface area contributed by atoms with Crippen LogP contribution in [0, 0.1) is 0 Å². The van der Waals surface area contributed by atoms with Gasteiger partial charge in [-0.05, 0) is 74.8 Å². The van der Waals surface area contributed by atoms with Gasteiger partial charge in [-0.15, -0.1) is 0 Å². The van der Waals surface area contributed by atoms with Crippen molar-refractivity contribution < 1.29 is 4.42 Å². The second kappa shape index (κ2) is 10.6. The minimum Gasteiger partial charge on any atom is -0.456 e. The lowest BCUT2D eigenvalue weighted by Gasteiger charge is -2.12. The van der Waals surface area contributed by atoms with Crippen LogP contribution in [0.15, 0.2) is 156 Å². The summed E-state index contributed by atoms with van der Waals surface area (Å²) in [5.41, 5.74) is 12.2. The summed E-state index contributed by atoms with van der Waals surface area (Å²) in [6.07, 6.45) is 0.862. The van der Waals surface area contributed by atoms with E-state index in [-0.39, 0.29) is 0 Å². The molecule has 0 unspecified atom stereocenters. The van der Waals surface area contributed by atoms with Gasteiger partial charge in [0.25, 0.3) is 0 Å². The zero-order valence-corrected chi connectivity index (χ0v) is 25.9. The number of nitrogens with zero attached hydrogens (tertiary/aromatic N) is 3. The smallest absolute Gasteiger partial charge is 0.164 e. The van der Waals surface area contributed by atoms with Crippen LogP contribution in [-0.2, 0) is 6.42 Å². The molecule has 2 heterocycles. The first-order valence-electron chi connectivity index (χ1n) is 16.2. The van der Waals surface area contributed by atoms with Crippen LogP contribution in [0.3, 0.4) is 0 Å². The molecule has 1 aliphatic rings. The average Bonchev–Trinajstić information content (AvgIpc) is 3.73. The lowest BCUT2D eigenvalue weighted by Crippen LogP contribution is -2.01. The molecule has 0 atom stereocenters. The van der Waals surface area contributed by atoms with Crippen molar-refractivity contribution in [1.29, 1.82) is 0 Å². The van der Waals surface area contributed by atoms with Crippen LogP contribution in [0.4, 0.5) is 0 Å². The molecule has 7 aromatic carbocycles. The molecule has 1 aliphatic carbocycles. The highest BCUT2D eigenvalue weighted by atomic mass is 16.3. The van der Waals surface area contributed by atoms with E-state index in [9.17, 15) is 0 Å². The quantitative estimate of drug-likeness (QED) is 0.198. The third-order valence-corrected chi connectivity index (χ3v) is 9.57. The summed E-state index contributed by atoms with van der Waals surface area (Å²) in [6, 6.07) is 52.9. The molecule has 4 nitrogen and oxygen atoms in total. The maximum atomic E-state index is 6.20. The van der Waals surface area contributed by atoms with E-state index in [1.165, 1.54) is 22.3 Å². The highest BCUT2D eigenvalue weighted by Gasteiger charge is 2.23. The van der Waals surface area contributed by atoms with Gasteiger partial charge >= 0.3 is 0 Å². The van der Waals surface area contributed by atoms with Crippen LogP contribution < -0.4 is 0 Å². The van der Waals surface area contributed by atoms with E-state index in [1.54, 1.807) is 0 Å². The van der Waals surface area contributed by atoms with E-state index in [1.807, 2.05) is 36.4 Å². The molecular formula is C44H27N3O. The van der Waals surface area contributed by atoms with Crippen molar-refractivity contribution in [2.24, 2.45) is 0 Å². The van der Waals surface area contributed by atoms with Crippen LogP contribution in [-0.4, -0.2) is 15.0 Å². The number of aromatic nitrogens is 3. The van der Waals surface area contributed by atoms with Gasteiger partial charge < -0.3 is 4.42 Å². The second-order valence-corrected chi connectivity index (χ2v) is 12.4. The highest BCUT2D eigenvalue weighted by molar-refractivity contribution is 6.13. The van der Waals surface area contributed by atoms with Crippen molar-refractivity contribution in [3.63, 3.8) is 0 Å². The first kappa shape index (κ1) is 26.8. The van der Waals surface area contributed by atoms with Gasteiger partial charge in [-0.2, -0.15) is 0 Å². The van der Waals surface area contributed by atoms with Gasteiger partial charge in [0, 0.05) is 27.5 Å². The van der Waals surface area contributed by atoms with E-state index in [2.05, 4.69) is 115 Å². The van der Waals surface area contributed by atoms with Gasteiger partial charge in [-0.1, -0.05) is 127 Å². The van der Waals surface area contributed by atoms with Gasteiger partial charge in [0.15, 0.2) is 17.5 Å². The van der Waals surface area contributed by atoms with Crippen molar-refractivity contribution in [2.45, 2.75) is 6.42 Å². The maximum absolute atomic E-state index is 6.20. The summed E-state index contributed by atoms with van der Waals surface area (Å²) in [5, 5.41) is 4.53. The van der Waals surface area contributed by atoms with Crippen molar-refractivity contribution in [2.75, 3.05) is 0 Å². The number of furan rings is 1. The normalized spacial score (nSPS) is 12.1. The Morgan fingerprint density at radius 2 is 1.06 bits per heavy atom. The maximum Gasteiger partial charge on any atom is 0.164 e. The molecule has 0 spiro atoms. The van der Waals surface area contributed by atoms with Crippen LogP contribution in [0.5, 0.6) is 0 Å². The van der Waals surface area contributed by atoms with Gasteiger partial charge in [-0.3, -0.25) is 0 Å². The number of benzene rings is 7. The Hall–Kier alpha value is -6.39. The van der Waals surface area contributed by atoms with Gasteiger partial charge in [0.05, 0.1) is 0 Å². The average molecular weight is 614 g/mol. The minimum absolute atomic E-state index is 0.655. The molecule has 9 aromatic rings. The Morgan fingerprint density at radius 3 is 1.98 bits per heavy atom. The van der Waals surface area contributed by atoms with Crippen molar-refractivity contribution >= 4 is 32.7 Å². The fourth-order valence-corrected chi connectivity index (χ4v) is 7.28. The molecule has 0 amide bonds. The number of hydrogen-bond donors (Lipinski definition) is 0. The molecule has 224 valence electrons. The zero-order valence-electron chi connectivity index (χ0n) is 25.9. The molecule has 0 bridgehead atoms. The van der Waals surface area contributed by atoms with Crippen LogP contribution in [0.25, 0.3) is 89.1 Å². The summed E-state index contributed by atoms with van der Waals surface area (Å²) in [7, 11) is 0. The van der Waals surface area contributed by atoms with Crippen LogP contribution in [0.2, 0.25) is 0 Å². The lowest BCUT2D eigenvalue weighted by molar-refractivity contribution is 0.669. The van der Waals surface area contributed by atoms with Crippen LogP contribution in [0.1, 0.15) is 11.1 Å². The molecule has 10 rings (SSSR count). The fraction of sp³-hybridized carbons (Fsp3) is 0.0227. The molecule has 48 heavy (non-hydrogen) atoms. The zero-order chi connectivity index (χ0) is 31.6. The van der Waals surface area contributed by atoms with Crippen molar-refractivity contribution in [3.05, 3.63) is 163 Å². The van der Waals surface area contributed by atoms with E-state index in [0.29, 0.717) is 17.5 Å². The molecule has 0 saturated carbocycles. The molecule has 0 aliphatic heterocycles. The Bertz CT molecular complexity index is 2710. The van der Waals surface area contributed by atoms with Gasteiger partial charge in [0.2, 0.25) is 0 Å². The second-order valence-electron chi connectivity index (χ2n) is 12.4. The summed E-state index contributed by atoms with van der Waals surface area (Å²) in [5.74, 6) is 2.01. The van der Waals surface area contributed by atoms with Gasteiger partial charge in [0.1, 0.15) is 11.2 Å². The Labute approximate surface area is 277 Å². The molecule has 4 heteroatoms.